The number of nitrogen functional groups attached to an aromatic ring is 1. The highest BCUT2D eigenvalue weighted by atomic mass is 16.6. The molecule has 0 aliphatic carbocycles. The van der Waals surface area contributed by atoms with E-state index in [9.17, 15) is 10.1 Å². The van der Waals surface area contributed by atoms with Crippen molar-refractivity contribution in [2.24, 2.45) is 0 Å². The summed E-state index contributed by atoms with van der Waals surface area (Å²) < 4.78 is 10.7. The molecule has 1 aliphatic heterocycles. The average molecular weight is 381 g/mol. The lowest BCUT2D eigenvalue weighted by atomic mass is 9.99. The van der Waals surface area contributed by atoms with E-state index in [0.717, 1.165) is 17.5 Å². The van der Waals surface area contributed by atoms with Gasteiger partial charge in [-0.05, 0) is 23.6 Å². The number of rotatable bonds is 4. The zero-order chi connectivity index (χ0) is 19.8. The molecule has 9 heteroatoms. The van der Waals surface area contributed by atoms with Gasteiger partial charge >= 0.3 is 0 Å². The average Bonchev–Trinajstić information content (AvgIpc) is 2.71. The lowest BCUT2D eigenvalue weighted by Crippen LogP contribution is -2.32. The summed E-state index contributed by atoms with van der Waals surface area (Å²) in [6.45, 7) is 1.18. The van der Waals surface area contributed by atoms with Crippen LogP contribution >= 0.6 is 0 Å². The van der Waals surface area contributed by atoms with Crippen molar-refractivity contribution in [3.05, 3.63) is 51.6 Å². The maximum atomic E-state index is 11.1. The summed E-state index contributed by atoms with van der Waals surface area (Å²) in [5, 5.41) is 11.7. The minimum absolute atomic E-state index is 0.0800. The molecule has 0 saturated carbocycles. The van der Waals surface area contributed by atoms with Gasteiger partial charge in [-0.25, -0.2) is 4.98 Å². The van der Waals surface area contributed by atoms with Gasteiger partial charge in [0.2, 0.25) is 5.95 Å². The van der Waals surface area contributed by atoms with Crippen molar-refractivity contribution in [2.45, 2.75) is 13.0 Å². The standard InChI is InChI=1S/C19H19N5O4/c1-27-16-8-14-15(9-17(16)28-2)21-19(22-18(14)20)23-6-5-11-3-4-13(24(25)26)7-12(11)10-23/h3-4,7-9H,5-6,10H2,1-2H3,(H2,20,21,22). The molecule has 0 spiro atoms. The number of fused-ring (bicyclic) bond motifs is 2. The van der Waals surface area contributed by atoms with Crippen LogP contribution in [0.4, 0.5) is 17.5 Å². The maximum absolute atomic E-state index is 11.1. The van der Waals surface area contributed by atoms with Crippen molar-refractivity contribution in [1.82, 2.24) is 9.97 Å². The molecule has 0 amide bonds. The normalized spacial score (nSPS) is 13.3. The van der Waals surface area contributed by atoms with Crippen molar-refractivity contribution >= 4 is 28.4 Å². The fraction of sp³-hybridized carbons (Fsp3) is 0.263. The number of benzene rings is 2. The monoisotopic (exact) mass is 381 g/mol. The number of nitrogens with zero attached hydrogens (tertiary/aromatic N) is 4. The third kappa shape index (κ3) is 3.00. The highest BCUT2D eigenvalue weighted by Gasteiger charge is 2.22. The van der Waals surface area contributed by atoms with Crippen molar-refractivity contribution in [3.63, 3.8) is 0 Å². The van der Waals surface area contributed by atoms with Crippen LogP contribution < -0.4 is 20.1 Å². The van der Waals surface area contributed by atoms with Crippen molar-refractivity contribution < 1.29 is 14.4 Å². The summed E-state index contributed by atoms with van der Waals surface area (Å²) in [4.78, 5) is 21.7. The van der Waals surface area contributed by atoms with E-state index >= 15 is 0 Å². The molecule has 1 aromatic heterocycles. The summed E-state index contributed by atoms with van der Waals surface area (Å²) in [5.74, 6) is 1.93. The van der Waals surface area contributed by atoms with E-state index in [2.05, 4.69) is 9.97 Å². The van der Waals surface area contributed by atoms with E-state index in [1.54, 1.807) is 38.5 Å². The molecular formula is C19H19N5O4. The predicted molar refractivity (Wildman–Crippen MR) is 105 cm³/mol. The third-order valence-electron chi connectivity index (χ3n) is 4.91. The number of hydrogen-bond acceptors (Lipinski definition) is 8. The Morgan fingerprint density at radius 3 is 2.57 bits per heavy atom. The van der Waals surface area contributed by atoms with Gasteiger partial charge in [0.25, 0.3) is 5.69 Å². The predicted octanol–water partition coefficient (Wildman–Crippen LogP) is 2.70. The number of nitrogens with two attached hydrogens (primary N) is 1. The fourth-order valence-electron chi connectivity index (χ4n) is 3.44. The number of non-ortho nitro benzene ring substituents is 1. The molecule has 1 aliphatic rings. The van der Waals surface area contributed by atoms with E-state index in [1.165, 1.54) is 0 Å². The van der Waals surface area contributed by atoms with Gasteiger partial charge in [0.1, 0.15) is 5.82 Å². The quantitative estimate of drug-likeness (QED) is 0.541. The van der Waals surface area contributed by atoms with Gasteiger partial charge in [-0.1, -0.05) is 6.07 Å². The molecule has 0 unspecified atom stereocenters. The minimum Gasteiger partial charge on any atom is -0.493 e. The van der Waals surface area contributed by atoms with Gasteiger partial charge in [-0.2, -0.15) is 4.98 Å². The highest BCUT2D eigenvalue weighted by Crippen LogP contribution is 2.35. The Hall–Kier alpha value is -3.62. The lowest BCUT2D eigenvalue weighted by molar-refractivity contribution is -0.384. The van der Waals surface area contributed by atoms with Crippen molar-refractivity contribution in [1.29, 1.82) is 0 Å². The molecule has 0 atom stereocenters. The largest absolute Gasteiger partial charge is 0.493 e. The second kappa shape index (κ2) is 6.84. The first-order valence-corrected chi connectivity index (χ1v) is 8.70. The molecule has 3 aromatic rings. The van der Waals surface area contributed by atoms with Crippen LogP contribution in [0.3, 0.4) is 0 Å². The fourth-order valence-corrected chi connectivity index (χ4v) is 3.44. The molecule has 2 heterocycles. The Morgan fingerprint density at radius 2 is 1.86 bits per heavy atom. The number of nitro groups is 1. The highest BCUT2D eigenvalue weighted by molar-refractivity contribution is 5.91. The molecule has 144 valence electrons. The van der Waals surface area contributed by atoms with Crippen LogP contribution in [0.1, 0.15) is 11.1 Å². The van der Waals surface area contributed by atoms with E-state index in [0.29, 0.717) is 47.3 Å². The van der Waals surface area contributed by atoms with Crippen LogP contribution in [-0.4, -0.2) is 35.7 Å². The Morgan fingerprint density at radius 1 is 1.11 bits per heavy atom. The molecule has 2 N–H and O–H groups in total. The number of ether oxygens (including phenoxy) is 2. The minimum atomic E-state index is -0.386. The van der Waals surface area contributed by atoms with E-state index in [1.807, 2.05) is 11.0 Å². The summed E-state index contributed by atoms with van der Waals surface area (Å²) in [5.41, 5.74) is 8.89. The Balaban J connectivity index is 1.73. The first-order chi connectivity index (χ1) is 13.5. The number of methoxy groups -OCH3 is 2. The molecule has 28 heavy (non-hydrogen) atoms. The van der Waals surface area contributed by atoms with E-state index in [-0.39, 0.29) is 10.6 Å². The smallest absolute Gasteiger partial charge is 0.269 e. The topological polar surface area (TPSA) is 117 Å². The van der Waals surface area contributed by atoms with Crippen LogP contribution in [0.25, 0.3) is 10.9 Å². The van der Waals surface area contributed by atoms with Crippen LogP contribution in [0.5, 0.6) is 11.5 Å². The Kier molecular flexibility index (Phi) is 4.34. The van der Waals surface area contributed by atoms with Gasteiger partial charge in [0, 0.05) is 36.7 Å². The van der Waals surface area contributed by atoms with E-state index in [4.69, 9.17) is 15.2 Å². The second-order valence-electron chi connectivity index (χ2n) is 6.51. The van der Waals surface area contributed by atoms with Gasteiger partial charge in [0.05, 0.1) is 24.7 Å². The number of hydrogen-bond donors (Lipinski definition) is 1. The van der Waals surface area contributed by atoms with Crippen LogP contribution in [0.2, 0.25) is 0 Å². The number of aromatic nitrogens is 2. The third-order valence-corrected chi connectivity index (χ3v) is 4.91. The molecule has 9 nitrogen and oxygen atoms in total. The van der Waals surface area contributed by atoms with Gasteiger partial charge < -0.3 is 20.1 Å². The Labute approximate surface area is 160 Å². The molecular weight excluding hydrogens is 362 g/mol. The van der Waals surface area contributed by atoms with Gasteiger partial charge in [-0.3, -0.25) is 10.1 Å². The Bertz CT molecular complexity index is 1090. The first kappa shape index (κ1) is 17.8. The van der Waals surface area contributed by atoms with Crippen LogP contribution in [0, 0.1) is 10.1 Å². The van der Waals surface area contributed by atoms with Crippen LogP contribution in [0.15, 0.2) is 30.3 Å². The summed E-state index contributed by atoms with van der Waals surface area (Å²) in [6.07, 6.45) is 0.751. The van der Waals surface area contributed by atoms with E-state index < -0.39 is 0 Å². The molecule has 0 radical (unpaired) electrons. The van der Waals surface area contributed by atoms with Crippen molar-refractivity contribution in [3.8, 4) is 11.5 Å². The summed E-state index contributed by atoms with van der Waals surface area (Å²) >= 11 is 0. The van der Waals surface area contributed by atoms with Gasteiger partial charge in [-0.15, -0.1) is 0 Å². The SMILES string of the molecule is COc1cc2nc(N3CCc4ccc([N+](=O)[O-])cc4C3)nc(N)c2cc1OC. The van der Waals surface area contributed by atoms with Crippen LogP contribution in [-0.2, 0) is 13.0 Å². The first-order valence-electron chi connectivity index (χ1n) is 8.70. The number of anilines is 2. The molecule has 0 fully saturated rings. The zero-order valence-electron chi connectivity index (χ0n) is 15.5. The lowest BCUT2D eigenvalue weighted by Gasteiger charge is -2.29. The zero-order valence-corrected chi connectivity index (χ0v) is 15.5. The summed E-state index contributed by atoms with van der Waals surface area (Å²) in [6, 6.07) is 8.48. The molecule has 4 rings (SSSR count). The molecule has 2 aromatic carbocycles. The van der Waals surface area contributed by atoms with Crippen molar-refractivity contribution in [2.75, 3.05) is 31.4 Å². The maximum Gasteiger partial charge on any atom is 0.269 e. The summed E-state index contributed by atoms with van der Waals surface area (Å²) in [7, 11) is 3.11. The second-order valence-corrected chi connectivity index (χ2v) is 6.51. The van der Waals surface area contributed by atoms with Gasteiger partial charge in [0.15, 0.2) is 11.5 Å². The number of nitro benzene ring substituents is 1. The molecule has 0 bridgehead atoms. The molecule has 0 saturated heterocycles.